The van der Waals surface area contributed by atoms with E-state index in [1.165, 1.54) is 32.5 Å². The number of carbonyl (C=O) groups excluding carboxylic acids is 1. The summed E-state index contributed by atoms with van der Waals surface area (Å²) in [7, 11) is 0. The minimum absolute atomic E-state index is 0.0868. The Hall–Kier alpha value is -1.62. The molecular weight excluding hydrogens is 264 g/mol. The average molecular weight is 288 g/mol. The fourth-order valence-electron chi connectivity index (χ4n) is 3.41. The Kier molecular flexibility index (Phi) is 4.39. The maximum absolute atomic E-state index is 12.4. The lowest BCUT2D eigenvalue weighted by atomic mass is 9.96. The first-order valence-electron chi connectivity index (χ1n) is 7.95. The molecule has 0 radical (unpaired) electrons. The minimum atomic E-state index is 0.0868. The molecule has 3 heterocycles. The number of anilines is 1. The van der Waals surface area contributed by atoms with Crippen LogP contribution in [0.15, 0.2) is 18.3 Å². The summed E-state index contributed by atoms with van der Waals surface area (Å²) in [6, 6.07) is 3.41. The van der Waals surface area contributed by atoms with Crippen molar-refractivity contribution in [3.8, 4) is 0 Å². The van der Waals surface area contributed by atoms with Gasteiger partial charge in [-0.25, -0.2) is 4.98 Å². The maximum atomic E-state index is 12.4. The molecule has 2 aliphatic heterocycles. The Balaban J connectivity index is 1.52. The molecule has 2 fully saturated rings. The number of nitrogens with zero attached hydrogens (tertiary/aromatic N) is 3. The molecule has 5 nitrogen and oxygen atoms in total. The van der Waals surface area contributed by atoms with E-state index in [0.717, 1.165) is 31.8 Å². The number of aromatic nitrogens is 1. The average Bonchev–Trinajstić information content (AvgIpc) is 3.00. The molecular formula is C16H24N4O. The fourth-order valence-corrected chi connectivity index (χ4v) is 3.41. The standard InChI is InChI=1S/C16H24N4O/c17-15-11-14(3-6-18-15)16(21)20-9-4-13(5-10-20)12-19-7-1-2-8-19/h3,6,11,13H,1-2,4-5,7-10,12H2,(H2,17,18). The maximum Gasteiger partial charge on any atom is 0.254 e. The van der Waals surface area contributed by atoms with Gasteiger partial charge >= 0.3 is 0 Å². The van der Waals surface area contributed by atoms with Crippen LogP contribution < -0.4 is 5.73 Å². The van der Waals surface area contributed by atoms with Crippen molar-refractivity contribution in [2.45, 2.75) is 25.7 Å². The number of rotatable bonds is 3. The van der Waals surface area contributed by atoms with Crippen molar-refractivity contribution < 1.29 is 4.79 Å². The van der Waals surface area contributed by atoms with E-state index in [-0.39, 0.29) is 5.91 Å². The SMILES string of the molecule is Nc1cc(C(=O)N2CCC(CN3CCCC3)CC2)ccn1. The second-order valence-electron chi connectivity index (χ2n) is 6.21. The lowest BCUT2D eigenvalue weighted by Gasteiger charge is -2.34. The molecule has 0 bridgehead atoms. The van der Waals surface area contributed by atoms with Crippen molar-refractivity contribution in [1.82, 2.24) is 14.8 Å². The second-order valence-corrected chi connectivity index (χ2v) is 6.21. The van der Waals surface area contributed by atoms with E-state index in [1.54, 1.807) is 18.3 Å². The van der Waals surface area contributed by atoms with Gasteiger partial charge in [-0.05, 0) is 56.8 Å². The number of pyridine rings is 1. The summed E-state index contributed by atoms with van der Waals surface area (Å²) in [6.07, 6.45) is 6.52. The topological polar surface area (TPSA) is 62.5 Å². The zero-order chi connectivity index (χ0) is 14.7. The Morgan fingerprint density at radius 3 is 2.62 bits per heavy atom. The monoisotopic (exact) mass is 288 g/mol. The van der Waals surface area contributed by atoms with Gasteiger partial charge in [-0.1, -0.05) is 0 Å². The molecule has 2 saturated heterocycles. The van der Waals surface area contributed by atoms with Gasteiger partial charge in [-0.15, -0.1) is 0 Å². The number of hydrogen-bond acceptors (Lipinski definition) is 4. The van der Waals surface area contributed by atoms with Gasteiger partial charge in [0.25, 0.3) is 5.91 Å². The first-order valence-corrected chi connectivity index (χ1v) is 7.95. The van der Waals surface area contributed by atoms with Gasteiger partial charge in [0.15, 0.2) is 0 Å². The molecule has 2 aliphatic rings. The summed E-state index contributed by atoms with van der Waals surface area (Å²) >= 11 is 0. The van der Waals surface area contributed by atoms with E-state index in [9.17, 15) is 4.79 Å². The summed E-state index contributed by atoms with van der Waals surface area (Å²) in [4.78, 5) is 20.9. The number of hydrogen-bond donors (Lipinski definition) is 1. The van der Waals surface area contributed by atoms with Crippen LogP contribution in [0.25, 0.3) is 0 Å². The Bertz CT molecular complexity index is 491. The quantitative estimate of drug-likeness (QED) is 0.918. The van der Waals surface area contributed by atoms with Crippen LogP contribution in [-0.2, 0) is 0 Å². The van der Waals surface area contributed by atoms with Gasteiger partial charge in [-0.2, -0.15) is 0 Å². The minimum Gasteiger partial charge on any atom is -0.384 e. The number of piperidine rings is 1. The van der Waals surface area contributed by atoms with Gasteiger partial charge in [0, 0.05) is 31.4 Å². The number of likely N-dealkylation sites (tertiary alicyclic amines) is 2. The molecule has 0 unspecified atom stereocenters. The van der Waals surface area contributed by atoms with Gasteiger partial charge in [0.05, 0.1) is 0 Å². The summed E-state index contributed by atoms with van der Waals surface area (Å²) < 4.78 is 0. The molecule has 3 rings (SSSR count). The predicted octanol–water partition coefficient (Wildman–Crippen LogP) is 1.61. The van der Waals surface area contributed by atoms with Crippen LogP contribution in [0.2, 0.25) is 0 Å². The Morgan fingerprint density at radius 1 is 1.24 bits per heavy atom. The van der Waals surface area contributed by atoms with E-state index in [4.69, 9.17) is 5.73 Å². The highest BCUT2D eigenvalue weighted by molar-refractivity contribution is 5.94. The van der Waals surface area contributed by atoms with Crippen molar-refractivity contribution in [1.29, 1.82) is 0 Å². The molecule has 5 heteroatoms. The van der Waals surface area contributed by atoms with Crippen LogP contribution in [0, 0.1) is 5.92 Å². The lowest BCUT2D eigenvalue weighted by molar-refractivity contribution is 0.0673. The normalized spacial score (nSPS) is 20.9. The van der Waals surface area contributed by atoms with Crippen molar-refractivity contribution in [2.75, 3.05) is 38.5 Å². The molecule has 1 aromatic rings. The van der Waals surface area contributed by atoms with Crippen LogP contribution in [0.4, 0.5) is 5.82 Å². The third-order valence-corrected chi connectivity index (χ3v) is 4.64. The molecule has 1 amide bonds. The largest absolute Gasteiger partial charge is 0.384 e. The molecule has 0 saturated carbocycles. The lowest BCUT2D eigenvalue weighted by Crippen LogP contribution is -2.41. The molecule has 114 valence electrons. The number of nitrogen functional groups attached to an aromatic ring is 1. The third-order valence-electron chi connectivity index (χ3n) is 4.64. The zero-order valence-corrected chi connectivity index (χ0v) is 12.5. The van der Waals surface area contributed by atoms with Crippen LogP contribution in [0.1, 0.15) is 36.0 Å². The van der Waals surface area contributed by atoms with E-state index >= 15 is 0 Å². The van der Waals surface area contributed by atoms with Gasteiger partial charge in [-0.3, -0.25) is 4.79 Å². The van der Waals surface area contributed by atoms with Gasteiger partial charge in [0.2, 0.25) is 0 Å². The summed E-state index contributed by atoms with van der Waals surface area (Å²) in [5.74, 6) is 1.24. The van der Waals surface area contributed by atoms with Gasteiger partial charge < -0.3 is 15.5 Å². The number of carbonyl (C=O) groups is 1. The highest BCUT2D eigenvalue weighted by Gasteiger charge is 2.25. The molecule has 0 spiro atoms. The first kappa shape index (κ1) is 14.3. The van der Waals surface area contributed by atoms with Crippen molar-refractivity contribution in [3.63, 3.8) is 0 Å². The summed E-state index contributed by atoms with van der Waals surface area (Å²) in [6.45, 7) is 5.45. The highest BCUT2D eigenvalue weighted by Crippen LogP contribution is 2.22. The first-order chi connectivity index (χ1) is 10.2. The van der Waals surface area contributed by atoms with Gasteiger partial charge in [0.1, 0.15) is 5.82 Å². The predicted molar refractivity (Wildman–Crippen MR) is 83.0 cm³/mol. The summed E-state index contributed by atoms with van der Waals surface area (Å²) in [5, 5.41) is 0. The van der Waals surface area contributed by atoms with Crippen molar-refractivity contribution in [3.05, 3.63) is 23.9 Å². The highest BCUT2D eigenvalue weighted by atomic mass is 16.2. The van der Waals surface area contributed by atoms with Crippen molar-refractivity contribution in [2.24, 2.45) is 5.92 Å². The van der Waals surface area contributed by atoms with E-state index in [0.29, 0.717) is 11.4 Å². The molecule has 1 aromatic heterocycles. The molecule has 0 aromatic carbocycles. The number of amides is 1. The van der Waals surface area contributed by atoms with Crippen LogP contribution in [-0.4, -0.2) is 53.4 Å². The second kappa shape index (κ2) is 6.43. The van der Waals surface area contributed by atoms with E-state index in [2.05, 4.69) is 9.88 Å². The van der Waals surface area contributed by atoms with Crippen molar-refractivity contribution >= 4 is 11.7 Å². The Labute approximate surface area is 126 Å². The fraction of sp³-hybridized carbons (Fsp3) is 0.625. The van der Waals surface area contributed by atoms with E-state index < -0.39 is 0 Å². The number of nitrogens with two attached hydrogens (primary N) is 1. The van der Waals surface area contributed by atoms with Crippen LogP contribution in [0.3, 0.4) is 0 Å². The van der Waals surface area contributed by atoms with Crippen LogP contribution in [0.5, 0.6) is 0 Å². The van der Waals surface area contributed by atoms with Crippen LogP contribution >= 0.6 is 0 Å². The third kappa shape index (κ3) is 3.53. The Morgan fingerprint density at radius 2 is 1.95 bits per heavy atom. The zero-order valence-electron chi connectivity index (χ0n) is 12.5. The molecule has 2 N–H and O–H groups in total. The smallest absolute Gasteiger partial charge is 0.254 e. The summed E-state index contributed by atoms with van der Waals surface area (Å²) in [5.41, 5.74) is 6.31. The molecule has 21 heavy (non-hydrogen) atoms. The molecule has 0 atom stereocenters. The molecule has 0 aliphatic carbocycles. The van der Waals surface area contributed by atoms with E-state index in [1.807, 2.05) is 4.90 Å².